The number of nitrogens with zero attached hydrogens (tertiary/aromatic N) is 2. The minimum Gasteiger partial charge on any atom is -0.481 e. The molecule has 7 heteroatoms. The largest absolute Gasteiger partial charge is 0.481 e. The van der Waals surface area contributed by atoms with E-state index in [1.54, 1.807) is 28.5 Å². The molecule has 1 N–H and O–H groups in total. The molecule has 0 aromatic carbocycles. The molecule has 2 amide bonds. The molecular formula is C15H22N2O4S. The Hall–Kier alpha value is -1.24. The van der Waals surface area contributed by atoms with E-state index in [4.69, 9.17) is 0 Å². The summed E-state index contributed by atoms with van der Waals surface area (Å²) in [5.74, 6) is -0.281. The van der Waals surface area contributed by atoms with Crippen molar-refractivity contribution in [2.45, 2.75) is 50.4 Å². The standard InChI is InChI=1S/C15H22N2O4S/c1-14(13(20)21)5-3-7-16(9-14)12(19)10-8-22-15(2)6-4-11(18)17(10)15/h10H,3-9H2,1-2H3,(H,20,21). The zero-order chi connectivity index (χ0) is 16.1. The molecule has 0 saturated carbocycles. The van der Waals surface area contributed by atoms with Crippen LogP contribution in [0.15, 0.2) is 0 Å². The minimum atomic E-state index is -0.877. The number of carboxylic acid groups (broad SMARTS) is 1. The third-order valence-corrected chi connectivity index (χ3v) is 6.76. The van der Waals surface area contributed by atoms with Crippen LogP contribution in [0.3, 0.4) is 0 Å². The highest BCUT2D eigenvalue weighted by Crippen LogP contribution is 2.47. The number of carboxylic acids is 1. The van der Waals surface area contributed by atoms with Crippen LogP contribution >= 0.6 is 11.8 Å². The molecule has 0 radical (unpaired) electrons. The van der Waals surface area contributed by atoms with Crippen molar-refractivity contribution in [3.05, 3.63) is 0 Å². The summed E-state index contributed by atoms with van der Waals surface area (Å²) in [5, 5.41) is 9.39. The predicted octanol–water partition coefficient (Wildman–Crippen LogP) is 1.15. The van der Waals surface area contributed by atoms with Gasteiger partial charge in [0.2, 0.25) is 11.8 Å². The highest BCUT2D eigenvalue weighted by Gasteiger charge is 2.54. The Morgan fingerprint density at radius 3 is 2.73 bits per heavy atom. The monoisotopic (exact) mass is 326 g/mol. The summed E-state index contributed by atoms with van der Waals surface area (Å²) in [4.78, 5) is 39.6. The van der Waals surface area contributed by atoms with Crippen LogP contribution in [-0.4, -0.2) is 62.4 Å². The normalized spacial score (nSPS) is 38.3. The van der Waals surface area contributed by atoms with Gasteiger partial charge in [0.05, 0.1) is 10.3 Å². The molecule has 3 rings (SSSR count). The van der Waals surface area contributed by atoms with Gasteiger partial charge in [-0.3, -0.25) is 14.4 Å². The predicted molar refractivity (Wildman–Crippen MR) is 82.3 cm³/mol. The smallest absolute Gasteiger partial charge is 0.311 e. The summed E-state index contributed by atoms with van der Waals surface area (Å²) in [6.45, 7) is 4.54. The van der Waals surface area contributed by atoms with Crippen LogP contribution in [0, 0.1) is 5.41 Å². The molecule has 0 aromatic heterocycles. The van der Waals surface area contributed by atoms with Crippen LogP contribution in [0.5, 0.6) is 0 Å². The summed E-state index contributed by atoms with van der Waals surface area (Å²) < 4.78 is 0. The first-order valence-electron chi connectivity index (χ1n) is 7.75. The van der Waals surface area contributed by atoms with Crippen molar-refractivity contribution in [2.24, 2.45) is 5.41 Å². The fraction of sp³-hybridized carbons (Fsp3) is 0.800. The lowest BCUT2D eigenvalue weighted by molar-refractivity contribution is -0.156. The molecule has 3 unspecified atom stereocenters. The summed E-state index contributed by atoms with van der Waals surface area (Å²) in [6.07, 6.45) is 2.57. The van der Waals surface area contributed by atoms with Gasteiger partial charge in [-0.15, -0.1) is 11.8 Å². The maximum atomic E-state index is 12.9. The highest BCUT2D eigenvalue weighted by atomic mass is 32.2. The number of hydrogen-bond donors (Lipinski definition) is 1. The number of amides is 2. The van der Waals surface area contributed by atoms with E-state index >= 15 is 0 Å². The lowest BCUT2D eigenvalue weighted by atomic mass is 9.82. The number of piperidine rings is 1. The third-order valence-electron chi connectivity index (χ3n) is 5.25. The van der Waals surface area contributed by atoms with Crippen LogP contribution < -0.4 is 0 Å². The number of rotatable bonds is 2. The van der Waals surface area contributed by atoms with Crippen LogP contribution in [0.1, 0.15) is 39.5 Å². The molecule has 0 spiro atoms. The van der Waals surface area contributed by atoms with Gasteiger partial charge in [-0.05, 0) is 33.1 Å². The van der Waals surface area contributed by atoms with Crippen molar-refractivity contribution in [3.63, 3.8) is 0 Å². The Morgan fingerprint density at radius 1 is 1.32 bits per heavy atom. The Balaban J connectivity index is 1.77. The van der Waals surface area contributed by atoms with Crippen molar-refractivity contribution in [1.29, 1.82) is 0 Å². The Bertz CT molecular complexity index is 540. The number of aliphatic carboxylic acids is 1. The second kappa shape index (κ2) is 5.15. The SMILES string of the molecule is CC1(C(=O)O)CCCN(C(=O)C2CSC3(C)CCC(=O)N23)C1. The summed E-state index contributed by atoms with van der Waals surface area (Å²) in [5.41, 5.74) is -0.877. The van der Waals surface area contributed by atoms with Gasteiger partial charge in [-0.2, -0.15) is 0 Å². The van der Waals surface area contributed by atoms with Crippen LogP contribution in [0.4, 0.5) is 0 Å². The fourth-order valence-electron chi connectivity index (χ4n) is 3.82. The maximum absolute atomic E-state index is 12.9. The van der Waals surface area contributed by atoms with Crippen molar-refractivity contribution >= 4 is 29.5 Å². The molecule has 6 nitrogen and oxygen atoms in total. The van der Waals surface area contributed by atoms with E-state index < -0.39 is 17.4 Å². The summed E-state index contributed by atoms with van der Waals surface area (Å²) in [6, 6.07) is -0.429. The molecule has 3 saturated heterocycles. The number of likely N-dealkylation sites (tertiary alicyclic amines) is 1. The van der Waals surface area contributed by atoms with E-state index in [1.165, 1.54) is 0 Å². The minimum absolute atomic E-state index is 0.0452. The van der Waals surface area contributed by atoms with Gasteiger partial charge in [-0.1, -0.05) is 0 Å². The molecule has 3 fully saturated rings. The van der Waals surface area contributed by atoms with E-state index in [1.807, 2.05) is 6.92 Å². The average Bonchev–Trinajstić information content (AvgIpc) is 2.95. The molecule has 3 atom stereocenters. The molecular weight excluding hydrogens is 304 g/mol. The lowest BCUT2D eigenvalue weighted by Gasteiger charge is -2.40. The van der Waals surface area contributed by atoms with Gasteiger partial charge >= 0.3 is 5.97 Å². The Morgan fingerprint density at radius 2 is 2.05 bits per heavy atom. The number of fused-ring (bicyclic) bond motifs is 1. The molecule has 3 heterocycles. The molecule has 0 aromatic rings. The van der Waals surface area contributed by atoms with Crippen molar-refractivity contribution < 1.29 is 19.5 Å². The zero-order valence-corrected chi connectivity index (χ0v) is 13.8. The van der Waals surface area contributed by atoms with E-state index in [-0.39, 0.29) is 23.2 Å². The second-order valence-corrected chi connectivity index (χ2v) is 8.50. The van der Waals surface area contributed by atoms with Gasteiger partial charge < -0.3 is 14.9 Å². The summed E-state index contributed by atoms with van der Waals surface area (Å²) in [7, 11) is 0. The topological polar surface area (TPSA) is 77.9 Å². The highest BCUT2D eigenvalue weighted by molar-refractivity contribution is 8.01. The van der Waals surface area contributed by atoms with Crippen molar-refractivity contribution in [1.82, 2.24) is 9.80 Å². The van der Waals surface area contributed by atoms with Crippen LogP contribution in [0.2, 0.25) is 0 Å². The number of carbonyl (C=O) groups excluding carboxylic acids is 2. The van der Waals surface area contributed by atoms with E-state index in [0.29, 0.717) is 31.6 Å². The lowest BCUT2D eigenvalue weighted by Crippen LogP contribution is -2.55. The number of thioether (sulfide) groups is 1. The van der Waals surface area contributed by atoms with Gasteiger partial charge in [0.25, 0.3) is 0 Å². The van der Waals surface area contributed by atoms with Gasteiger partial charge in [0, 0.05) is 25.3 Å². The van der Waals surface area contributed by atoms with Gasteiger partial charge in [0.15, 0.2) is 0 Å². The van der Waals surface area contributed by atoms with Crippen LogP contribution in [0.25, 0.3) is 0 Å². The Kier molecular flexibility index (Phi) is 3.66. The van der Waals surface area contributed by atoms with Gasteiger partial charge in [0.1, 0.15) is 6.04 Å². The zero-order valence-electron chi connectivity index (χ0n) is 13.0. The van der Waals surface area contributed by atoms with Crippen molar-refractivity contribution in [3.8, 4) is 0 Å². The summed E-state index contributed by atoms with van der Waals surface area (Å²) >= 11 is 1.67. The maximum Gasteiger partial charge on any atom is 0.311 e. The molecule has 122 valence electrons. The number of hydrogen-bond acceptors (Lipinski definition) is 4. The molecule has 3 aliphatic rings. The van der Waals surface area contributed by atoms with Crippen LogP contribution in [-0.2, 0) is 14.4 Å². The first kappa shape index (κ1) is 15.6. The molecule has 0 aliphatic carbocycles. The first-order valence-corrected chi connectivity index (χ1v) is 8.74. The molecule has 3 aliphatic heterocycles. The van der Waals surface area contributed by atoms with Crippen molar-refractivity contribution in [2.75, 3.05) is 18.8 Å². The third kappa shape index (κ3) is 2.30. The van der Waals surface area contributed by atoms with E-state index in [2.05, 4.69) is 0 Å². The molecule has 22 heavy (non-hydrogen) atoms. The number of carbonyl (C=O) groups is 3. The molecule has 0 bridgehead atoms. The van der Waals surface area contributed by atoms with Gasteiger partial charge in [-0.25, -0.2) is 0 Å². The van der Waals surface area contributed by atoms with E-state index in [0.717, 1.165) is 6.42 Å². The second-order valence-electron chi connectivity index (χ2n) is 6.99. The average molecular weight is 326 g/mol. The quantitative estimate of drug-likeness (QED) is 0.824. The fourth-order valence-corrected chi connectivity index (χ4v) is 5.24. The van der Waals surface area contributed by atoms with E-state index in [9.17, 15) is 19.5 Å². The Labute approximate surface area is 134 Å². The first-order chi connectivity index (χ1) is 10.3.